The maximum absolute atomic E-state index is 5.66. The molecular weight excluding hydrogens is 180 g/mol. The standard InChI is InChI=1S/C10H14N2O2/c1-13-10-6-8(2-3-12-10)14-9-4-7(11)5-9/h2-3,6-7,9H,4-5,11H2,1H3. The van der Waals surface area contributed by atoms with E-state index in [1.807, 2.05) is 6.07 Å². The van der Waals surface area contributed by atoms with Gasteiger partial charge in [0.05, 0.1) is 7.11 Å². The lowest BCUT2D eigenvalue weighted by atomic mass is 9.90. The Labute approximate surface area is 83.0 Å². The summed E-state index contributed by atoms with van der Waals surface area (Å²) in [7, 11) is 1.59. The van der Waals surface area contributed by atoms with Crippen LogP contribution in [0, 0.1) is 0 Å². The van der Waals surface area contributed by atoms with Crippen molar-refractivity contribution in [2.75, 3.05) is 7.11 Å². The second-order valence-electron chi connectivity index (χ2n) is 3.51. The molecule has 0 unspecified atom stereocenters. The van der Waals surface area contributed by atoms with E-state index in [4.69, 9.17) is 15.2 Å². The zero-order chi connectivity index (χ0) is 9.97. The van der Waals surface area contributed by atoms with Crippen LogP contribution in [0.4, 0.5) is 0 Å². The fourth-order valence-electron chi connectivity index (χ4n) is 1.47. The molecule has 0 amide bonds. The van der Waals surface area contributed by atoms with Crippen LogP contribution in [0.25, 0.3) is 0 Å². The van der Waals surface area contributed by atoms with E-state index in [2.05, 4.69) is 4.98 Å². The van der Waals surface area contributed by atoms with Crippen LogP contribution in [-0.2, 0) is 0 Å². The van der Waals surface area contributed by atoms with Crippen molar-refractivity contribution in [2.24, 2.45) is 5.73 Å². The molecule has 14 heavy (non-hydrogen) atoms. The Hall–Kier alpha value is -1.29. The highest BCUT2D eigenvalue weighted by molar-refractivity contribution is 5.26. The topological polar surface area (TPSA) is 57.4 Å². The highest BCUT2D eigenvalue weighted by Crippen LogP contribution is 2.25. The maximum atomic E-state index is 5.66. The molecule has 0 aliphatic heterocycles. The highest BCUT2D eigenvalue weighted by atomic mass is 16.5. The van der Waals surface area contributed by atoms with Crippen molar-refractivity contribution >= 4 is 0 Å². The number of rotatable bonds is 3. The lowest BCUT2D eigenvalue weighted by molar-refractivity contribution is 0.100. The van der Waals surface area contributed by atoms with Gasteiger partial charge in [0, 0.05) is 18.3 Å². The number of ether oxygens (including phenoxy) is 2. The first-order chi connectivity index (χ1) is 6.78. The zero-order valence-electron chi connectivity index (χ0n) is 8.14. The molecular formula is C10H14N2O2. The predicted molar refractivity (Wildman–Crippen MR) is 52.4 cm³/mol. The van der Waals surface area contributed by atoms with Crippen LogP contribution in [0.2, 0.25) is 0 Å². The van der Waals surface area contributed by atoms with Crippen LogP contribution >= 0.6 is 0 Å². The molecule has 1 fully saturated rings. The van der Waals surface area contributed by atoms with Crippen LogP contribution in [0.1, 0.15) is 12.8 Å². The first-order valence-corrected chi connectivity index (χ1v) is 4.70. The molecule has 1 saturated carbocycles. The zero-order valence-corrected chi connectivity index (χ0v) is 8.14. The van der Waals surface area contributed by atoms with Crippen molar-refractivity contribution in [3.05, 3.63) is 18.3 Å². The number of nitrogens with two attached hydrogens (primary N) is 1. The molecule has 2 N–H and O–H groups in total. The quantitative estimate of drug-likeness (QED) is 0.778. The summed E-state index contributed by atoms with van der Waals surface area (Å²) in [4.78, 5) is 4.00. The van der Waals surface area contributed by atoms with Crippen molar-refractivity contribution in [3.63, 3.8) is 0 Å². The van der Waals surface area contributed by atoms with Gasteiger partial charge in [-0.15, -0.1) is 0 Å². The lowest BCUT2D eigenvalue weighted by Crippen LogP contribution is -2.43. The van der Waals surface area contributed by atoms with Gasteiger partial charge in [0.15, 0.2) is 0 Å². The molecule has 1 heterocycles. The normalized spacial score (nSPS) is 25.3. The van der Waals surface area contributed by atoms with Gasteiger partial charge in [-0.3, -0.25) is 0 Å². The molecule has 0 atom stereocenters. The fourth-order valence-corrected chi connectivity index (χ4v) is 1.47. The van der Waals surface area contributed by atoms with Gasteiger partial charge >= 0.3 is 0 Å². The van der Waals surface area contributed by atoms with Crippen LogP contribution < -0.4 is 15.2 Å². The molecule has 1 aromatic heterocycles. The third kappa shape index (κ3) is 1.96. The summed E-state index contributed by atoms with van der Waals surface area (Å²) in [5.41, 5.74) is 5.66. The summed E-state index contributed by atoms with van der Waals surface area (Å²) in [5.74, 6) is 1.37. The van der Waals surface area contributed by atoms with Gasteiger partial charge in [-0.1, -0.05) is 0 Å². The van der Waals surface area contributed by atoms with E-state index in [0.29, 0.717) is 11.9 Å². The Morgan fingerprint density at radius 3 is 2.93 bits per heavy atom. The van der Waals surface area contributed by atoms with E-state index in [1.165, 1.54) is 0 Å². The van der Waals surface area contributed by atoms with Gasteiger partial charge in [-0.2, -0.15) is 0 Å². The van der Waals surface area contributed by atoms with Crippen LogP contribution in [0.5, 0.6) is 11.6 Å². The molecule has 0 saturated heterocycles. The van der Waals surface area contributed by atoms with E-state index in [1.54, 1.807) is 19.4 Å². The van der Waals surface area contributed by atoms with Crippen LogP contribution in [0.15, 0.2) is 18.3 Å². The van der Waals surface area contributed by atoms with E-state index in [-0.39, 0.29) is 6.10 Å². The number of hydrogen-bond donors (Lipinski definition) is 1. The van der Waals surface area contributed by atoms with Gasteiger partial charge in [0.2, 0.25) is 5.88 Å². The minimum absolute atomic E-state index is 0.261. The summed E-state index contributed by atoms with van der Waals surface area (Å²) in [6.07, 6.45) is 3.80. The van der Waals surface area contributed by atoms with Gasteiger partial charge in [-0.05, 0) is 18.9 Å². The highest BCUT2D eigenvalue weighted by Gasteiger charge is 2.27. The molecule has 1 aliphatic carbocycles. The number of aromatic nitrogens is 1. The molecule has 4 nitrogen and oxygen atoms in total. The minimum atomic E-state index is 0.261. The van der Waals surface area contributed by atoms with E-state index >= 15 is 0 Å². The number of nitrogens with zero attached hydrogens (tertiary/aromatic N) is 1. The predicted octanol–water partition coefficient (Wildman–Crippen LogP) is 0.959. The molecule has 2 rings (SSSR count). The van der Waals surface area contributed by atoms with E-state index in [9.17, 15) is 0 Å². The Morgan fingerprint density at radius 2 is 2.29 bits per heavy atom. The molecule has 0 spiro atoms. The van der Waals surface area contributed by atoms with Gasteiger partial charge < -0.3 is 15.2 Å². The summed E-state index contributed by atoms with van der Waals surface area (Å²) in [6.45, 7) is 0. The molecule has 1 aliphatic rings. The van der Waals surface area contributed by atoms with E-state index < -0.39 is 0 Å². The second kappa shape index (κ2) is 3.84. The molecule has 0 bridgehead atoms. The SMILES string of the molecule is COc1cc(OC2CC(N)C2)ccn1. The number of pyridine rings is 1. The number of hydrogen-bond acceptors (Lipinski definition) is 4. The largest absolute Gasteiger partial charge is 0.490 e. The third-order valence-electron chi connectivity index (χ3n) is 2.35. The average molecular weight is 194 g/mol. The molecule has 76 valence electrons. The smallest absolute Gasteiger partial charge is 0.216 e. The third-order valence-corrected chi connectivity index (χ3v) is 2.35. The minimum Gasteiger partial charge on any atom is -0.490 e. The number of methoxy groups -OCH3 is 1. The van der Waals surface area contributed by atoms with Crippen molar-refractivity contribution in [1.29, 1.82) is 0 Å². The van der Waals surface area contributed by atoms with Crippen LogP contribution in [0.3, 0.4) is 0 Å². The molecule has 0 radical (unpaired) electrons. The Balaban J connectivity index is 1.95. The summed E-state index contributed by atoms with van der Waals surface area (Å²) in [6, 6.07) is 3.92. The van der Waals surface area contributed by atoms with Gasteiger partial charge in [0.1, 0.15) is 11.9 Å². The molecule has 0 aromatic carbocycles. The Morgan fingerprint density at radius 1 is 1.50 bits per heavy atom. The first kappa shape index (κ1) is 9.27. The van der Waals surface area contributed by atoms with Crippen molar-refractivity contribution in [2.45, 2.75) is 25.0 Å². The van der Waals surface area contributed by atoms with Crippen molar-refractivity contribution in [1.82, 2.24) is 4.98 Å². The summed E-state index contributed by atoms with van der Waals surface area (Å²) >= 11 is 0. The van der Waals surface area contributed by atoms with Crippen LogP contribution in [-0.4, -0.2) is 24.2 Å². The first-order valence-electron chi connectivity index (χ1n) is 4.70. The van der Waals surface area contributed by atoms with Gasteiger partial charge in [0.25, 0.3) is 0 Å². The average Bonchev–Trinajstić information content (AvgIpc) is 2.16. The lowest BCUT2D eigenvalue weighted by Gasteiger charge is -2.32. The monoisotopic (exact) mass is 194 g/mol. The molecule has 4 heteroatoms. The van der Waals surface area contributed by atoms with Gasteiger partial charge in [-0.25, -0.2) is 4.98 Å². The summed E-state index contributed by atoms with van der Waals surface area (Å²) < 4.78 is 10.7. The second-order valence-corrected chi connectivity index (χ2v) is 3.51. The summed E-state index contributed by atoms with van der Waals surface area (Å²) in [5, 5.41) is 0. The van der Waals surface area contributed by atoms with Crippen molar-refractivity contribution < 1.29 is 9.47 Å². The van der Waals surface area contributed by atoms with Crippen molar-refractivity contribution in [3.8, 4) is 11.6 Å². The fraction of sp³-hybridized carbons (Fsp3) is 0.500. The Kier molecular flexibility index (Phi) is 2.54. The molecule has 1 aromatic rings. The van der Waals surface area contributed by atoms with E-state index in [0.717, 1.165) is 18.6 Å². The maximum Gasteiger partial charge on any atom is 0.216 e. The Bertz CT molecular complexity index is 311.